The highest BCUT2D eigenvalue weighted by Crippen LogP contribution is 2.40. The van der Waals surface area contributed by atoms with Gasteiger partial charge in [-0.05, 0) is 35.3 Å². The van der Waals surface area contributed by atoms with Gasteiger partial charge >= 0.3 is 0 Å². The summed E-state index contributed by atoms with van der Waals surface area (Å²) < 4.78 is 0. The van der Waals surface area contributed by atoms with Crippen molar-refractivity contribution in [2.75, 3.05) is 12.4 Å². The zero-order chi connectivity index (χ0) is 15.7. The van der Waals surface area contributed by atoms with E-state index >= 15 is 0 Å². The summed E-state index contributed by atoms with van der Waals surface area (Å²) in [5, 5.41) is 7.11. The van der Waals surface area contributed by atoms with Gasteiger partial charge in [0.25, 0.3) is 0 Å². The number of aromatic nitrogens is 1. The number of rotatable bonds is 4. The van der Waals surface area contributed by atoms with Crippen LogP contribution in [0.4, 0.5) is 5.82 Å². The molecule has 0 aliphatic heterocycles. The number of anilines is 1. The molecule has 0 amide bonds. The van der Waals surface area contributed by atoms with Crippen LogP contribution in [0.25, 0.3) is 21.7 Å². The van der Waals surface area contributed by atoms with E-state index in [9.17, 15) is 0 Å². The average molecular weight is 292 g/mol. The number of pyridine rings is 1. The largest absolute Gasteiger partial charge is 0.373 e. The van der Waals surface area contributed by atoms with Gasteiger partial charge in [-0.15, -0.1) is 0 Å². The Labute approximate surface area is 132 Å². The lowest BCUT2D eigenvalue weighted by molar-refractivity contribution is 0.442. The summed E-state index contributed by atoms with van der Waals surface area (Å²) in [6.07, 6.45) is 2.25. The molecule has 3 aromatic rings. The van der Waals surface area contributed by atoms with E-state index in [0.717, 1.165) is 24.2 Å². The second-order valence-electron chi connectivity index (χ2n) is 6.22. The predicted molar refractivity (Wildman–Crippen MR) is 96.7 cm³/mol. The molecule has 2 aromatic carbocycles. The van der Waals surface area contributed by atoms with Crippen molar-refractivity contribution in [1.29, 1.82) is 0 Å². The fourth-order valence-electron chi connectivity index (χ4n) is 3.32. The SMILES string of the molecule is CCC(C)(CC)c1cccc2c1c(NC)nc1ccccc12. The molecule has 0 aliphatic rings. The first-order valence-electron chi connectivity index (χ1n) is 8.14. The number of hydrogen-bond acceptors (Lipinski definition) is 2. The van der Waals surface area contributed by atoms with Gasteiger partial charge in [0.1, 0.15) is 5.82 Å². The second kappa shape index (κ2) is 5.60. The molecule has 0 saturated heterocycles. The van der Waals surface area contributed by atoms with Crippen molar-refractivity contribution in [3.63, 3.8) is 0 Å². The number of nitrogens with zero attached hydrogens (tertiary/aromatic N) is 1. The van der Waals surface area contributed by atoms with Crippen LogP contribution in [0.2, 0.25) is 0 Å². The lowest BCUT2D eigenvalue weighted by Gasteiger charge is -2.29. The van der Waals surface area contributed by atoms with Crippen LogP contribution in [0.3, 0.4) is 0 Å². The highest BCUT2D eigenvalue weighted by molar-refractivity contribution is 6.11. The summed E-state index contributed by atoms with van der Waals surface area (Å²) in [5.41, 5.74) is 2.62. The quantitative estimate of drug-likeness (QED) is 0.641. The minimum absolute atomic E-state index is 0.176. The van der Waals surface area contributed by atoms with Crippen LogP contribution >= 0.6 is 0 Å². The van der Waals surface area contributed by atoms with E-state index in [-0.39, 0.29) is 5.41 Å². The van der Waals surface area contributed by atoms with Gasteiger partial charge in [-0.1, -0.05) is 57.2 Å². The molecule has 0 unspecified atom stereocenters. The molecule has 1 aromatic heterocycles. The van der Waals surface area contributed by atoms with Gasteiger partial charge in [-0.2, -0.15) is 0 Å². The highest BCUT2D eigenvalue weighted by atomic mass is 15.0. The van der Waals surface area contributed by atoms with Crippen LogP contribution in [0.1, 0.15) is 39.2 Å². The van der Waals surface area contributed by atoms with Crippen molar-refractivity contribution in [3.8, 4) is 0 Å². The summed E-state index contributed by atoms with van der Waals surface area (Å²) in [6, 6.07) is 15.1. The Hall–Kier alpha value is -2.09. The maximum atomic E-state index is 4.85. The molecule has 0 fully saturated rings. The van der Waals surface area contributed by atoms with Gasteiger partial charge in [-0.25, -0.2) is 4.98 Å². The molecule has 1 N–H and O–H groups in total. The van der Waals surface area contributed by atoms with Crippen LogP contribution in [0.5, 0.6) is 0 Å². The van der Waals surface area contributed by atoms with E-state index in [0.29, 0.717) is 0 Å². The van der Waals surface area contributed by atoms with Crippen molar-refractivity contribution in [2.24, 2.45) is 0 Å². The summed E-state index contributed by atoms with van der Waals surface area (Å²) in [7, 11) is 1.96. The number of nitrogens with one attached hydrogen (secondary N) is 1. The molecule has 0 bridgehead atoms. The molecule has 3 rings (SSSR count). The van der Waals surface area contributed by atoms with Gasteiger partial charge in [0, 0.05) is 17.8 Å². The van der Waals surface area contributed by atoms with E-state index in [1.165, 1.54) is 21.7 Å². The molecule has 2 heteroatoms. The van der Waals surface area contributed by atoms with E-state index in [1.807, 2.05) is 13.1 Å². The Balaban J connectivity index is 2.48. The second-order valence-corrected chi connectivity index (χ2v) is 6.22. The molecule has 22 heavy (non-hydrogen) atoms. The molecule has 2 nitrogen and oxygen atoms in total. The molecule has 0 saturated carbocycles. The number of hydrogen-bond donors (Lipinski definition) is 1. The van der Waals surface area contributed by atoms with Crippen molar-refractivity contribution in [1.82, 2.24) is 4.98 Å². The maximum absolute atomic E-state index is 4.85. The fraction of sp³-hybridized carbons (Fsp3) is 0.350. The number of para-hydroxylation sites is 1. The molecule has 1 heterocycles. The summed E-state index contributed by atoms with van der Waals surface area (Å²) >= 11 is 0. The molecule has 0 aliphatic carbocycles. The van der Waals surface area contributed by atoms with Gasteiger partial charge in [0.15, 0.2) is 0 Å². The van der Waals surface area contributed by atoms with Gasteiger partial charge in [-0.3, -0.25) is 0 Å². The first kappa shape index (κ1) is 14.8. The monoisotopic (exact) mass is 292 g/mol. The number of fused-ring (bicyclic) bond motifs is 3. The minimum Gasteiger partial charge on any atom is -0.373 e. The topological polar surface area (TPSA) is 24.9 Å². The zero-order valence-corrected chi connectivity index (χ0v) is 13.9. The van der Waals surface area contributed by atoms with E-state index < -0.39 is 0 Å². The van der Waals surface area contributed by atoms with Crippen LogP contribution < -0.4 is 5.32 Å². The number of benzene rings is 2. The summed E-state index contributed by atoms with van der Waals surface area (Å²) in [6.45, 7) is 6.90. The zero-order valence-electron chi connectivity index (χ0n) is 13.9. The first-order chi connectivity index (χ1) is 10.6. The molecule has 0 spiro atoms. The molecular formula is C20H24N2. The predicted octanol–water partition coefficient (Wildman–Crippen LogP) is 5.51. The maximum Gasteiger partial charge on any atom is 0.134 e. The van der Waals surface area contributed by atoms with Crippen LogP contribution in [0, 0.1) is 0 Å². The van der Waals surface area contributed by atoms with Crippen molar-refractivity contribution >= 4 is 27.5 Å². The normalized spacial score (nSPS) is 12.0. The molecular weight excluding hydrogens is 268 g/mol. The molecule has 0 atom stereocenters. The van der Waals surface area contributed by atoms with Gasteiger partial charge < -0.3 is 5.32 Å². The highest BCUT2D eigenvalue weighted by Gasteiger charge is 2.26. The smallest absolute Gasteiger partial charge is 0.134 e. The van der Waals surface area contributed by atoms with Gasteiger partial charge in [0.05, 0.1) is 5.52 Å². The third kappa shape index (κ3) is 2.14. The molecule has 114 valence electrons. The van der Waals surface area contributed by atoms with E-state index in [1.54, 1.807) is 0 Å². The first-order valence-corrected chi connectivity index (χ1v) is 8.14. The van der Waals surface area contributed by atoms with Gasteiger partial charge in [0.2, 0.25) is 0 Å². The lowest BCUT2D eigenvalue weighted by atomic mass is 9.75. The third-order valence-electron chi connectivity index (χ3n) is 5.18. The van der Waals surface area contributed by atoms with Crippen LogP contribution in [-0.2, 0) is 5.41 Å². The van der Waals surface area contributed by atoms with Crippen molar-refractivity contribution in [2.45, 2.75) is 39.0 Å². The Morgan fingerprint density at radius 3 is 2.32 bits per heavy atom. The Bertz CT molecular complexity index is 816. The summed E-state index contributed by atoms with van der Waals surface area (Å²) in [5.74, 6) is 0.984. The Kier molecular flexibility index (Phi) is 3.78. The lowest BCUT2D eigenvalue weighted by Crippen LogP contribution is -2.20. The van der Waals surface area contributed by atoms with Crippen molar-refractivity contribution < 1.29 is 0 Å². The average Bonchev–Trinajstić information content (AvgIpc) is 2.59. The Morgan fingerprint density at radius 2 is 1.64 bits per heavy atom. The van der Waals surface area contributed by atoms with Crippen LogP contribution in [-0.4, -0.2) is 12.0 Å². The van der Waals surface area contributed by atoms with Crippen LogP contribution in [0.15, 0.2) is 42.5 Å². The fourth-order valence-corrected chi connectivity index (χ4v) is 3.32. The Morgan fingerprint density at radius 1 is 0.955 bits per heavy atom. The summed E-state index contributed by atoms with van der Waals surface area (Å²) in [4.78, 5) is 4.85. The van der Waals surface area contributed by atoms with E-state index in [2.05, 4.69) is 62.5 Å². The third-order valence-corrected chi connectivity index (χ3v) is 5.18. The van der Waals surface area contributed by atoms with Crippen molar-refractivity contribution in [3.05, 3.63) is 48.0 Å². The minimum atomic E-state index is 0.176. The standard InChI is InChI=1S/C20H24N2/c1-5-20(3,6-2)16-12-9-11-15-14-10-7-8-13-17(14)22-19(21-4)18(15)16/h7-13H,5-6H2,1-4H3,(H,21,22). The van der Waals surface area contributed by atoms with E-state index in [4.69, 9.17) is 4.98 Å². The molecule has 0 radical (unpaired) electrons.